The summed E-state index contributed by atoms with van der Waals surface area (Å²) in [5, 5.41) is 0. The van der Waals surface area contributed by atoms with E-state index in [1.807, 2.05) is 0 Å². The van der Waals surface area contributed by atoms with E-state index in [9.17, 15) is 18.0 Å². The smallest absolute Gasteiger partial charge is 0.338 e. The predicted molar refractivity (Wildman–Crippen MR) is 67.6 cm³/mol. The summed E-state index contributed by atoms with van der Waals surface area (Å²) in [6.07, 6.45) is 4.07. The quantitative estimate of drug-likeness (QED) is 0.784. The Morgan fingerprint density at radius 3 is 2.47 bits per heavy atom. The number of ketones is 1. The van der Waals surface area contributed by atoms with E-state index in [1.165, 1.54) is 24.3 Å². The fraction of sp³-hybridized carbons (Fsp3) is 0.0769. The molecule has 0 fully saturated rings. The van der Waals surface area contributed by atoms with E-state index in [4.69, 9.17) is 0 Å². The summed E-state index contributed by atoms with van der Waals surface area (Å²) in [4.78, 5) is 22.6. The number of benzene rings is 1. The Hall–Kier alpha value is -2.21. The highest BCUT2D eigenvalue weighted by Gasteiger charge is 2.29. The second-order valence-electron chi connectivity index (χ2n) is 3.78. The molecule has 98 valence electrons. The second-order valence-corrected chi connectivity index (χ2v) is 5.29. The van der Waals surface area contributed by atoms with Gasteiger partial charge in [0.15, 0.2) is 5.78 Å². The second kappa shape index (κ2) is 5.19. The van der Waals surface area contributed by atoms with Crippen molar-refractivity contribution in [3.8, 4) is 0 Å². The molecule has 0 saturated carbocycles. The molecular formula is C13H10O5S. The first-order chi connectivity index (χ1) is 9.00. The van der Waals surface area contributed by atoms with Crippen LogP contribution < -0.4 is 0 Å². The lowest BCUT2D eigenvalue weighted by molar-refractivity contribution is -0.114. The van der Waals surface area contributed by atoms with Crippen molar-refractivity contribution >= 4 is 21.9 Å². The number of allylic oxidation sites excluding steroid dienone is 4. The monoisotopic (exact) mass is 278 g/mol. The van der Waals surface area contributed by atoms with Gasteiger partial charge in [-0.15, -0.1) is 0 Å². The van der Waals surface area contributed by atoms with Crippen LogP contribution in [0.25, 0.3) is 0 Å². The van der Waals surface area contributed by atoms with Crippen LogP contribution in [0.15, 0.2) is 53.5 Å². The first-order valence-electron chi connectivity index (χ1n) is 5.44. The molecule has 0 atom stereocenters. The zero-order valence-electron chi connectivity index (χ0n) is 9.78. The minimum absolute atomic E-state index is 0.0199. The first-order valence-corrected chi connectivity index (χ1v) is 6.85. The van der Waals surface area contributed by atoms with Gasteiger partial charge in [0, 0.05) is 6.42 Å². The lowest BCUT2D eigenvalue weighted by atomic mass is 10.2. The molecule has 0 spiro atoms. The summed E-state index contributed by atoms with van der Waals surface area (Å²) in [5.41, 5.74) is 0.102. The average Bonchev–Trinajstić information content (AvgIpc) is 2.39. The van der Waals surface area contributed by atoms with Gasteiger partial charge in [0.05, 0.1) is 5.56 Å². The van der Waals surface area contributed by atoms with E-state index in [0.29, 0.717) is 0 Å². The number of carbonyl (C=O) groups is 2. The van der Waals surface area contributed by atoms with Crippen LogP contribution in [-0.4, -0.2) is 20.2 Å². The molecule has 0 bridgehead atoms. The maximum Gasteiger partial charge on any atom is 0.354 e. The molecule has 2 rings (SSSR count). The fourth-order valence-corrected chi connectivity index (χ4v) is 2.51. The Labute approximate surface area is 110 Å². The van der Waals surface area contributed by atoms with Gasteiger partial charge < -0.3 is 4.18 Å². The molecule has 1 aromatic rings. The molecule has 0 saturated heterocycles. The molecule has 0 heterocycles. The molecule has 5 nitrogen and oxygen atoms in total. The number of hydrogen-bond donors (Lipinski definition) is 0. The van der Waals surface area contributed by atoms with Crippen molar-refractivity contribution in [3.05, 3.63) is 59.0 Å². The van der Waals surface area contributed by atoms with Crippen molar-refractivity contribution in [1.82, 2.24) is 0 Å². The molecule has 1 aliphatic rings. The lowest BCUT2D eigenvalue weighted by Crippen LogP contribution is -2.20. The molecule has 1 aliphatic carbocycles. The van der Waals surface area contributed by atoms with Gasteiger partial charge in [-0.25, -0.2) is 4.79 Å². The molecule has 1 aromatic carbocycles. The van der Waals surface area contributed by atoms with Crippen LogP contribution in [0.3, 0.4) is 0 Å². The SMILES string of the molecule is O=C1CC=CC=C1S(=O)(=O)OC(=O)c1ccccc1. The Balaban J connectivity index is 2.23. The molecular weight excluding hydrogens is 268 g/mol. The summed E-state index contributed by atoms with van der Waals surface area (Å²) in [6.45, 7) is 0. The van der Waals surface area contributed by atoms with Gasteiger partial charge in [-0.05, 0) is 18.2 Å². The maximum absolute atomic E-state index is 11.8. The minimum atomic E-state index is -4.37. The fourth-order valence-electron chi connectivity index (χ4n) is 1.51. The van der Waals surface area contributed by atoms with Crippen molar-refractivity contribution < 1.29 is 22.2 Å². The van der Waals surface area contributed by atoms with Crippen LogP contribution in [-0.2, 0) is 19.1 Å². The van der Waals surface area contributed by atoms with Crippen LogP contribution >= 0.6 is 0 Å². The van der Waals surface area contributed by atoms with Gasteiger partial charge in [0.2, 0.25) is 0 Å². The molecule has 19 heavy (non-hydrogen) atoms. The van der Waals surface area contributed by atoms with E-state index >= 15 is 0 Å². The van der Waals surface area contributed by atoms with Gasteiger partial charge in [0.1, 0.15) is 4.91 Å². The Morgan fingerprint density at radius 2 is 1.84 bits per heavy atom. The molecule has 0 radical (unpaired) electrons. The van der Waals surface area contributed by atoms with E-state index < -0.39 is 26.8 Å². The van der Waals surface area contributed by atoms with Crippen molar-refractivity contribution in [2.24, 2.45) is 0 Å². The molecule has 0 aromatic heterocycles. The summed E-state index contributed by atoms with van der Waals surface area (Å²) in [7, 11) is -4.37. The van der Waals surface area contributed by atoms with Crippen molar-refractivity contribution in [3.63, 3.8) is 0 Å². The lowest BCUT2D eigenvalue weighted by Gasteiger charge is -2.09. The average molecular weight is 278 g/mol. The van der Waals surface area contributed by atoms with Crippen molar-refractivity contribution in [2.75, 3.05) is 0 Å². The molecule has 6 heteroatoms. The first kappa shape index (κ1) is 13.2. The molecule has 0 aliphatic heterocycles. The van der Waals surface area contributed by atoms with Crippen molar-refractivity contribution in [2.45, 2.75) is 6.42 Å². The van der Waals surface area contributed by atoms with Gasteiger partial charge in [0.25, 0.3) is 0 Å². The third-order valence-electron chi connectivity index (χ3n) is 2.43. The minimum Gasteiger partial charge on any atom is -0.338 e. The molecule has 0 N–H and O–H groups in total. The zero-order valence-corrected chi connectivity index (χ0v) is 10.6. The van der Waals surface area contributed by atoms with Crippen LogP contribution in [0.5, 0.6) is 0 Å². The summed E-state index contributed by atoms with van der Waals surface area (Å²) in [6, 6.07) is 7.70. The van der Waals surface area contributed by atoms with Crippen molar-refractivity contribution in [1.29, 1.82) is 0 Å². The van der Waals surface area contributed by atoms with Gasteiger partial charge in [-0.2, -0.15) is 8.42 Å². The van der Waals surface area contributed by atoms with E-state index in [2.05, 4.69) is 4.18 Å². The van der Waals surface area contributed by atoms with Crippen LogP contribution in [0.1, 0.15) is 16.8 Å². The highest BCUT2D eigenvalue weighted by Crippen LogP contribution is 2.18. The van der Waals surface area contributed by atoms with Gasteiger partial charge in [-0.1, -0.05) is 30.4 Å². The highest BCUT2D eigenvalue weighted by molar-refractivity contribution is 7.92. The summed E-state index contributed by atoms with van der Waals surface area (Å²) < 4.78 is 28.1. The van der Waals surface area contributed by atoms with Gasteiger partial charge >= 0.3 is 16.1 Å². The third-order valence-corrected chi connectivity index (χ3v) is 3.70. The number of Topliss-reactive ketones (excluding diaryl/α,β-unsaturated/α-hetero) is 1. The van der Waals surface area contributed by atoms with Crippen LogP contribution in [0.2, 0.25) is 0 Å². The summed E-state index contributed by atoms with van der Waals surface area (Å²) >= 11 is 0. The summed E-state index contributed by atoms with van der Waals surface area (Å²) in [5.74, 6) is -1.60. The third kappa shape index (κ3) is 2.97. The normalized spacial score (nSPS) is 14.9. The number of hydrogen-bond acceptors (Lipinski definition) is 5. The van der Waals surface area contributed by atoms with E-state index in [-0.39, 0.29) is 12.0 Å². The molecule has 0 amide bonds. The predicted octanol–water partition coefficient (Wildman–Crippen LogP) is 1.59. The largest absolute Gasteiger partial charge is 0.354 e. The van der Waals surface area contributed by atoms with E-state index in [1.54, 1.807) is 18.2 Å². The Bertz CT molecular complexity index is 668. The number of rotatable bonds is 3. The topological polar surface area (TPSA) is 77.5 Å². The van der Waals surface area contributed by atoms with Crippen LogP contribution in [0, 0.1) is 0 Å². The zero-order chi connectivity index (χ0) is 13.9. The number of carbonyl (C=O) groups excluding carboxylic acids is 2. The Morgan fingerprint density at radius 1 is 1.16 bits per heavy atom. The Kier molecular flexibility index (Phi) is 3.62. The molecule has 0 unspecified atom stereocenters. The highest BCUT2D eigenvalue weighted by atomic mass is 32.2. The standard InChI is InChI=1S/C13H10O5S/c14-11-8-4-5-9-12(11)19(16,17)18-13(15)10-6-2-1-3-7-10/h1-7,9H,8H2. The van der Waals surface area contributed by atoms with E-state index in [0.717, 1.165) is 6.08 Å². The maximum atomic E-state index is 11.8. The van der Waals surface area contributed by atoms with Crippen LogP contribution in [0.4, 0.5) is 0 Å². The van der Waals surface area contributed by atoms with Gasteiger partial charge in [-0.3, -0.25) is 4.79 Å².